The summed E-state index contributed by atoms with van der Waals surface area (Å²) in [6.07, 6.45) is 9.29. The fourth-order valence-electron chi connectivity index (χ4n) is 5.18. The summed E-state index contributed by atoms with van der Waals surface area (Å²) in [5.74, 6) is 0.322. The molecule has 2 heterocycles. The van der Waals surface area contributed by atoms with Crippen molar-refractivity contribution in [1.29, 1.82) is 0 Å². The number of piperidine rings is 1. The molecule has 1 saturated carbocycles. The highest BCUT2D eigenvalue weighted by Crippen LogP contribution is 2.28. The molecule has 1 saturated heterocycles. The van der Waals surface area contributed by atoms with Gasteiger partial charge in [-0.3, -0.25) is 9.59 Å². The molecule has 35 heavy (non-hydrogen) atoms. The van der Waals surface area contributed by atoms with Gasteiger partial charge >= 0.3 is 5.97 Å². The van der Waals surface area contributed by atoms with E-state index < -0.39 is 5.97 Å². The number of carbonyl (C=O) groups excluding carboxylic acids is 1. The van der Waals surface area contributed by atoms with Crippen LogP contribution in [-0.2, 0) is 11.2 Å². The molecule has 1 aliphatic heterocycles. The zero-order valence-electron chi connectivity index (χ0n) is 20.5. The van der Waals surface area contributed by atoms with Gasteiger partial charge in [-0.25, -0.2) is 0 Å². The third-order valence-electron chi connectivity index (χ3n) is 7.03. The van der Waals surface area contributed by atoms with Gasteiger partial charge in [-0.15, -0.1) is 0 Å². The predicted octanol–water partition coefficient (Wildman–Crippen LogP) is 4.85. The zero-order chi connectivity index (χ0) is 24.5. The van der Waals surface area contributed by atoms with Crippen LogP contribution in [0.5, 0.6) is 5.88 Å². The van der Waals surface area contributed by atoms with E-state index in [9.17, 15) is 14.7 Å². The van der Waals surface area contributed by atoms with E-state index in [2.05, 4.69) is 22.3 Å². The second-order valence-electron chi connectivity index (χ2n) is 9.82. The summed E-state index contributed by atoms with van der Waals surface area (Å²) in [5, 5.41) is 12.4. The molecule has 1 amide bonds. The number of hydrogen-bond acceptors (Lipinski definition) is 5. The first-order valence-corrected chi connectivity index (χ1v) is 13.0. The molecule has 1 atom stereocenters. The van der Waals surface area contributed by atoms with Gasteiger partial charge in [0.2, 0.25) is 5.88 Å². The lowest BCUT2D eigenvalue weighted by molar-refractivity contribution is -0.138. The van der Waals surface area contributed by atoms with E-state index >= 15 is 0 Å². The van der Waals surface area contributed by atoms with Crippen molar-refractivity contribution in [2.24, 2.45) is 5.92 Å². The minimum absolute atomic E-state index is 0.104. The average molecular weight is 480 g/mol. The van der Waals surface area contributed by atoms with Crippen molar-refractivity contribution in [3.8, 4) is 5.88 Å². The Kier molecular flexibility index (Phi) is 8.98. The first-order chi connectivity index (χ1) is 17.1. The molecule has 1 aromatic heterocycles. The van der Waals surface area contributed by atoms with Crippen molar-refractivity contribution in [2.75, 3.05) is 24.6 Å². The van der Waals surface area contributed by atoms with Crippen LogP contribution in [0.1, 0.15) is 73.7 Å². The van der Waals surface area contributed by atoms with Crippen molar-refractivity contribution >= 4 is 17.7 Å². The van der Waals surface area contributed by atoms with Crippen molar-refractivity contribution < 1.29 is 19.4 Å². The molecule has 7 nitrogen and oxygen atoms in total. The summed E-state index contributed by atoms with van der Waals surface area (Å²) < 4.78 is 6.10. The first-order valence-electron chi connectivity index (χ1n) is 13.0. The number of hydrogen-bond donors (Lipinski definition) is 2. The number of carbonyl (C=O) groups is 2. The highest BCUT2D eigenvalue weighted by atomic mass is 16.5. The number of benzene rings is 1. The average Bonchev–Trinajstić information content (AvgIpc) is 2.87. The molecule has 2 fully saturated rings. The number of aryl methyl sites for hydroxylation is 1. The molecular weight excluding hydrogens is 442 g/mol. The lowest BCUT2D eigenvalue weighted by Crippen LogP contribution is -2.38. The Morgan fingerprint density at radius 2 is 1.83 bits per heavy atom. The number of amides is 1. The number of carboxylic acid groups (broad SMARTS) is 1. The number of pyridine rings is 1. The molecule has 0 spiro atoms. The molecule has 1 aliphatic carbocycles. The minimum atomic E-state index is -0.762. The van der Waals surface area contributed by atoms with Crippen molar-refractivity contribution in [3.63, 3.8) is 0 Å². The number of ether oxygens (including phenoxy) is 1. The molecule has 4 rings (SSSR count). The smallest absolute Gasteiger partial charge is 0.303 e. The van der Waals surface area contributed by atoms with E-state index in [0.717, 1.165) is 63.7 Å². The maximum atomic E-state index is 13.1. The van der Waals surface area contributed by atoms with Crippen molar-refractivity contribution in [3.05, 3.63) is 53.6 Å². The van der Waals surface area contributed by atoms with Gasteiger partial charge in [0, 0.05) is 25.6 Å². The van der Waals surface area contributed by atoms with Crippen LogP contribution in [0.15, 0.2) is 42.5 Å². The van der Waals surface area contributed by atoms with Gasteiger partial charge in [0.05, 0.1) is 6.61 Å². The molecule has 0 radical (unpaired) electrons. The topological polar surface area (TPSA) is 91.8 Å². The SMILES string of the molecule is O=C(O)C[C@@H]1CCCN(c2ccc(C(=O)NC3CCCCC3)c(OCCCc3ccccc3)n2)C1. The number of nitrogens with one attached hydrogen (secondary N) is 1. The van der Waals surface area contributed by atoms with Crippen LogP contribution in [0.4, 0.5) is 5.82 Å². The number of carboxylic acids is 1. The summed E-state index contributed by atoms with van der Waals surface area (Å²) in [7, 11) is 0. The number of aliphatic carboxylic acids is 1. The van der Waals surface area contributed by atoms with Crippen molar-refractivity contribution in [2.45, 2.75) is 70.3 Å². The van der Waals surface area contributed by atoms with Gasteiger partial charge in [0.25, 0.3) is 5.91 Å². The Morgan fingerprint density at radius 1 is 1.03 bits per heavy atom. The fraction of sp³-hybridized carbons (Fsp3) is 0.536. The van der Waals surface area contributed by atoms with Crippen LogP contribution in [0, 0.1) is 5.92 Å². The number of anilines is 1. The van der Waals surface area contributed by atoms with E-state index in [1.807, 2.05) is 30.3 Å². The molecule has 2 aliphatic rings. The highest BCUT2D eigenvalue weighted by molar-refractivity contribution is 5.96. The normalized spacial score (nSPS) is 18.7. The first kappa shape index (κ1) is 25.0. The van der Waals surface area contributed by atoms with Gasteiger partial charge in [-0.2, -0.15) is 4.98 Å². The Morgan fingerprint density at radius 3 is 2.60 bits per heavy atom. The van der Waals surface area contributed by atoms with Crippen LogP contribution in [0.3, 0.4) is 0 Å². The Hall–Kier alpha value is -3.09. The number of nitrogens with zero attached hydrogens (tertiary/aromatic N) is 2. The molecule has 7 heteroatoms. The van der Waals surface area contributed by atoms with E-state index in [1.54, 1.807) is 0 Å². The minimum Gasteiger partial charge on any atom is -0.481 e. The molecule has 0 unspecified atom stereocenters. The quantitative estimate of drug-likeness (QED) is 0.474. The van der Waals surface area contributed by atoms with Crippen LogP contribution < -0.4 is 15.0 Å². The standard InChI is InChI=1S/C28H37N3O4/c32-26(33)19-22-11-7-17-31(20-22)25-16-15-24(27(34)29-23-13-5-2-6-14-23)28(30-25)35-18-8-12-21-9-3-1-4-10-21/h1,3-4,9-10,15-16,22-23H,2,5-8,11-14,17-20H2,(H,29,34)(H,32,33)/t22-/m0/s1. The van der Waals surface area contributed by atoms with Gasteiger partial charge in [-0.1, -0.05) is 49.6 Å². The lowest BCUT2D eigenvalue weighted by Gasteiger charge is -2.33. The van der Waals surface area contributed by atoms with Crippen LogP contribution in [0.25, 0.3) is 0 Å². The van der Waals surface area contributed by atoms with Crippen molar-refractivity contribution in [1.82, 2.24) is 10.3 Å². The lowest BCUT2D eigenvalue weighted by atomic mass is 9.95. The Labute approximate surface area is 207 Å². The van der Waals surface area contributed by atoms with E-state index in [-0.39, 0.29) is 24.3 Å². The predicted molar refractivity (Wildman–Crippen MR) is 136 cm³/mol. The Bertz CT molecular complexity index is 975. The largest absolute Gasteiger partial charge is 0.481 e. The number of rotatable bonds is 10. The summed E-state index contributed by atoms with van der Waals surface area (Å²) >= 11 is 0. The highest BCUT2D eigenvalue weighted by Gasteiger charge is 2.25. The molecule has 188 valence electrons. The summed E-state index contributed by atoms with van der Waals surface area (Å²) in [4.78, 5) is 31.2. The summed E-state index contributed by atoms with van der Waals surface area (Å²) in [6, 6.07) is 14.2. The van der Waals surface area contributed by atoms with E-state index in [4.69, 9.17) is 9.72 Å². The molecule has 0 bridgehead atoms. The van der Waals surface area contributed by atoms with E-state index in [0.29, 0.717) is 24.6 Å². The van der Waals surface area contributed by atoms with Gasteiger partial charge in [0.15, 0.2) is 0 Å². The van der Waals surface area contributed by atoms with Crippen LogP contribution in [-0.4, -0.2) is 47.7 Å². The van der Waals surface area contributed by atoms with Crippen LogP contribution in [0.2, 0.25) is 0 Å². The Balaban J connectivity index is 1.46. The molecule has 2 N–H and O–H groups in total. The molecular formula is C28H37N3O4. The van der Waals surface area contributed by atoms with E-state index in [1.165, 1.54) is 12.0 Å². The third kappa shape index (κ3) is 7.44. The molecule has 1 aromatic carbocycles. The maximum Gasteiger partial charge on any atom is 0.303 e. The van der Waals surface area contributed by atoms with Gasteiger partial charge < -0.3 is 20.1 Å². The second-order valence-corrected chi connectivity index (χ2v) is 9.82. The maximum absolute atomic E-state index is 13.1. The van der Waals surface area contributed by atoms with Crippen LogP contribution >= 0.6 is 0 Å². The third-order valence-corrected chi connectivity index (χ3v) is 7.03. The zero-order valence-corrected chi connectivity index (χ0v) is 20.5. The fourth-order valence-corrected chi connectivity index (χ4v) is 5.18. The second kappa shape index (κ2) is 12.6. The summed E-state index contributed by atoms with van der Waals surface area (Å²) in [5.41, 5.74) is 1.73. The van der Waals surface area contributed by atoms with Gasteiger partial charge in [0.1, 0.15) is 11.4 Å². The summed E-state index contributed by atoms with van der Waals surface area (Å²) in [6.45, 7) is 1.95. The number of aromatic nitrogens is 1. The molecule has 2 aromatic rings. The van der Waals surface area contributed by atoms with Gasteiger partial charge in [-0.05, 0) is 62.1 Å². The monoisotopic (exact) mass is 479 g/mol.